The predicted octanol–water partition coefficient (Wildman–Crippen LogP) is 2.38. The summed E-state index contributed by atoms with van der Waals surface area (Å²) in [5.41, 5.74) is 5.42. The van der Waals surface area contributed by atoms with Gasteiger partial charge in [0.1, 0.15) is 12.2 Å². The van der Waals surface area contributed by atoms with E-state index in [2.05, 4.69) is 5.32 Å². The number of carbonyl (C=O) groups is 1. The minimum absolute atomic E-state index is 0.367. The number of hydrogen-bond acceptors (Lipinski definition) is 5. The Balaban J connectivity index is 2.78. The molecule has 0 bridgehead atoms. The predicted molar refractivity (Wildman–Crippen MR) is 77.4 cm³/mol. The molecule has 0 spiro atoms. The van der Waals surface area contributed by atoms with E-state index in [4.69, 9.17) is 19.9 Å². The van der Waals surface area contributed by atoms with E-state index in [1.165, 1.54) is 0 Å². The fraction of sp³-hybridized carbons (Fsp3) is 0.500. The van der Waals surface area contributed by atoms with Crippen molar-refractivity contribution in [2.75, 3.05) is 25.6 Å². The highest BCUT2D eigenvalue weighted by Crippen LogP contribution is 2.30. The summed E-state index contributed by atoms with van der Waals surface area (Å²) in [6.45, 7) is 6.17. The largest absolute Gasteiger partial charge is 0.493 e. The molecule has 0 saturated carbocycles. The summed E-state index contributed by atoms with van der Waals surface area (Å²) in [7, 11) is 1.55. The van der Waals surface area contributed by atoms with E-state index < -0.39 is 11.7 Å². The van der Waals surface area contributed by atoms with Crippen LogP contribution >= 0.6 is 0 Å². The number of nitrogens with one attached hydrogen (secondary N) is 1. The number of methoxy groups -OCH3 is 1. The first-order valence-corrected chi connectivity index (χ1v) is 6.36. The van der Waals surface area contributed by atoms with Gasteiger partial charge in [-0.05, 0) is 32.9 Å². The fourth-order valence-electron chi connectivity index (χ4n) is 1.46. The summed E-state index contributed by atoms with van der Waals surface area (Å²) in [6.07, 6.45) is -0.521. The molecular weight excluding hydrogens is 260 g/mol. The van der Waals surface area contributed by atoms with Crippen LogP contribution in [0.1, 0.15) is 20.8 Å². The third-order valence-corrected chi connectivity index (χ3v) is 2.18. The van der Waals surface area contributed by atoms with E-state index in [9.17, 15) is 4.79 Å². The van der Waals surface area contributed by atoms with Crippen LogP contribution in [0.15, 0.2) is 18.2 Å². The summed E-state index contributed by atoms with van der Waals surface area (Å²) in [6, 6.07) is 5.08. The monoisotopic (exact) mass is 282 g/mol. The van der Waals surface area contributed by atoms with Crippen LogP contribution in [0.2, 0.25) is 0 Å². The first-order chi connectivity index (χ1) is 9.35. The fourth-order valence-corrected chi connectivity index (χ4v) is 1.46. The molecule has 3 N–H and O–H groups in total. The van der Waals surface area contributed by atoms with Crippen molar-refractivity contribution < 1.29 is 19.0 Å². The molecule has 0 aliphatic carbocycles. The van der Waals surface area contributed by atoms with Gasteiger partial charge in [-0.15, -0.1) is 0 Å². The van der Waals surface area contributed by atoms with Crippen molar-refractivity contribution in [2.45, 2.75) is 26.4 Å². The Morgan fingerprint density at radius 3 is 2.55 bits per heavy atom. The summed E-state index contributed by atoms with van der Waals surface area (Å²) in [5, 5.41) is 2.64. The Labute approximate surface area is 119 Å². The molecule has 6 heteroatoms. The minimum atomic E-state index is -0.546. The number of ether oxygens (including phenoxy) is 3. The van der Waals surface area contributed by atoms with Gasteiger partial charge in [0.05, 0.1) is 7.11 Å². The topological polar surface area (TPSA) is 82.8 Å². The summed E-state index contributed by atoms with van der Waals surface area (Å²) >= 11 is 0. The molecule has 112 valence electrons. The van der Waals surface area contributed by atoms with Gasteiger partial charge in [0.2, 0.25) is 0 Å². The van der Waals surface area contributed by atoms with Gasteiger partial charge in [0.15, 0.2) is 11.5 Å². The van der Waals surface area contributed by atoms with Crippen molar-refractivity contribution in [1.82, 2.24) is 0 Å². The molecule has 0 unspecified atom stereocenters. The molecule has 6 nitrogen and oxygen atoms in total. The summed E-state index contributed by atoms with van der Waals surface area (Å²) in [5.74, 6) is 1.10. The average molecular weight is 282 g/mol. The van der Waals surface area contributed by atoms with Crippen LogP contribution < -0.4 is 20.5 Å². The van der Waals surface area contributed by atoms with E-state index in [1.807, 2.05) is 0 Å². The van der Waals surface area contributed by atoms with Gasteiger partial charge in [-0.2, -0.15) is 0 Å². The van der Waals surface area contributed by atoms with Crippen molar-refractivity contribution >= 4 is 11.8 Å². The zero-order valence-electron chi connectivity index (χ0n) is 12.4. The van der Waals surface area contributed by atoms with Crippen LogP contribution in [0.4, 0.5) is 10.5 Å². The smallest absolute Gasteiger partial charge is 0.412 e. The van der Waals surface area contributed by atoms with Gasteiger partial charge in [-0.25, -0.2) is 4.79 Å². The molecule has 0 atom stereocenters. The number of anilines is 1. The Morgan fingerprint density at radius 1 is 1.30 bits per heavy atom. The lowest BCUT2D eigenvalue weighted by atomic mass is 10.2. The van der Waals surface area contributed by atoms with Gasteiger partial charge in [0.25, 0.3) is 0 Å². The number of carbonyl (C=O) groups excluding carboxylic acids is 1. The van der Waals surface area contributed by atoms with Crippen LogP contribution in [0.5, 0.6) is 11.5 Å². The number of amides is 1. The van der Waals surface area contributed by atoms with Crippen molar-refractivity contribution in [3.63, 3.8) is 0 Å². The lowest BCUT2D eigenvalue weighted by Crippen LogP contribution is -2.27. The Morgan fingerprint density at radius 2 is 2.00 bits per heavy atom. The molecule has 0 radical (unpaired) electrons. The molecular formula is C14H22N2O4. The Hall–Kier alpha value is -1.95. The second kappa shape index (κ2) is 7.00. The molecule has 20 heavy (non-hydrogen) atoms. The van der Waals surface area contributed by atoms with Gasteiger partial charge < -0.3 is 19.9 Å². The highest BCUT2D eigenvalue weighted by atomic mass is 16.6. The molecule has 1 amide bonds. The van der Waals surface area contributed by atoms with Crippen molar-refractivity contribution in [1.29, 1.82) is 0 Å². The van der Waals surface area contributed by atoms with Crippen molar-refractivity contribution in [3.8, 4) is 11.5 Å². The van der Waals surface area contributed by atoms with Crippen LogP contribution in [-0.4, -0.2) is 32.0 Å². The maximum atomic E-state index is 11.7. The van der Waals surface area contributed by atoms with Crippen LogP contribution in [0, 0.1) is 0 Å². The molecule has 0 aliphatic rings. The molecule has 1 aromatic rings. The second-order valence-corrected chi connectivity index (χ2v) is 5.13. The zero-order chi connectivity index (χ0) is 15.2. The molecule has 0 aliphatic heterocycles. The summed E-state index contributed by atoms with van der Waals surface area (Å²) < 4.78 is 15.8. The summed E-state index contributed by atoms with van der Waals surface area (Å²) in [4.78, 5) is 11.7. The van der Waals surface area contributed by atoms with Crippen molar-refractivity contribution in [2.24, 2.45) is 5.73 Å². The highest BCUT2D eigenvalue weighted by Gasteiger charge is 2.16. The van der Waals surface area contributed by atoms with E-state index in [-0.39, 0.29) is 0 Å². The highest BCUT2D eigenvalue weighted by molar-refractivity contribution is 5.85. The van der Waals surface area contributed by atoms with E-state index >= 15 is 0 Å². The third kappa shape index (κ3) is 5.36. The molecule has 1 aromatic carbocycles. The molecule has 0 heterocycles. The SMILES string of the molecule is COc1ccc(NC(=O)OC(C)(C)C)cc1OCCN. The van der Waals surface area contributed by atoms with Crippen molar-refractivity contribution in [3.05, 3.63) is 18.2 Å². The quantitative estimate of drug-likeness (QED) is 0.866. The normalized spacial score (nSPS) is 10.8. The molecule has 0 fully saturated rings. The standard InChI is InChI=1S/C14H22N2O4/c1-14(2,3)20-13(17)16-10-5-6-11(18-4)12(9-10)19-8-7-15/h5-6,9H,7-8,15H2,1-4H3,(H,16,17). The minimum Gasteiger partial charge on any atom is -0.493 e. The molecule has 1 rings (SSSR count). The zero-order valence-corrected chi connectivity index (χ0v) is 12.4. The van der Waals surface area contributed by atoms with E-state index in [0.717, 1.165) is 0 Å². The van der Waals surface area contributed by atoms with Crippen LogP contribution in [0.3, 0.4) is 0 Å². The average Bonchev–Trinajstić information content (AvgIpc) is 2.34. The van der Waals surface area contributed by atoms with Gasteiger partial charge in [0, 0.05) is 18.3 Å². The number of hydrogen-bond donors (Lipinski definition) is 2. The van der Waals surface area contributed by atoms with E-state index in [1.54, 1.807) is 46.1 Å². The second-order valence-electron chi connectivity index (χ2n) is 5.13. The van der Waals surface area contributed by atoms with E-state index in [0.29, 0.717) is 30.3 Å². The van der Waals surface area contributed by atoms with Gasteiger partial charge in [-0.3, -0.25) is 5.32 Å². The number of rotatable bonds is 5. The lowest BCUT2D eigenvalue weighted by molar-refractivity contribution is 0.0636. The molecule has 0 aromatic heterocycles. The lowest BCUT2D eigenvalue weighted by Gasteiger charge is -2.20. The van der Waals surface area contributed by atoms with Gasteiger partial charge in [-0.1, -0.05) is 0 Å². The Bertz CT molecular complexity index is 455. The molecule has 0 saturated heterocycles. The van der Waals surface area contributed by atoms with Gasteiger partial charge >= 0.3 is 6.09 Å². The first-order valence-electron chi connectivity index (χ1n) is 6.36. The maximum absolute atomic E-state index is 11.7. The first kappa shape index (κ1) is 16.1. The number of benzene rings is 1. The van der Waals surface area contributed by atoms with Crippen LogP contribution in [-0.2, 0) is 4.74 Å². The Kier molecular flexibility index (Phi) is 5.64. The van der Waals surface area contributed by atoms with Crippen LogP contribution in [0.25, 0.3) is 0 Å². The maximum Gasteiger partial charge on any atom is 0.412 e. The third-order valence-electron chi connectivity index (χ3n) is 2.18. The number of nitrogens with two attached hydrogens (primary N) is 1.